The highest BCUT2D eigenvalue weighted by molar-refractivity contribution is 7.99. The lowest BCUT2D eigenvalue weighted by atomic mass is 10.2. The lowest BCUT2D eigenvalue weighted by Crippen LogP contribution is -2.15. The van der Waals surface area contributed by atoms with Crippen LogP contribution in [0.5, 0.6) is 0 Å². The van der Waals surface area contributed by atoms with Crippen molar-refractivity contribution >= 4 is 11.8 Å². The lowest BCUT2D eigenvalue weighted by Gasteiger charge is -2.10. The molecule has 0 amide bonds. The number of thioether (sulfide) groups is 1. The zero-order chi connectivity index (χ0) is 11.1. The van der Waals surface area contributed by atoms with Crippen molar-refractivity contribution in [2.75, 3.05) is 12.3 Å². The molecule has 0 spiro atoms. The molecular weight excluding hydrogens is 209 g/mol. The van der Waals surface area contributed by atoms with Crippen LogP contribution in [0.2, 0.25) is 0 Å². The molecule has 0 saturated carbocycles. The Morgan fingerprint density at radius 1 is 1.33 bits per heavy atom. The van der Waals surface area contributed by atoms with Crippen LogP contribution in [0.4, 0.5) is 4.39 Å². The van der Waals surface area contributed by atoms with E-state index in [2.05, 4.69) is 19.2 Å². The van der Waals surface area contributed by atoms with E-state index in [0.29, 0.717) is 6.54 Å². The Hall–Kier alpha value is -0.540. The van der Waals surface area contributed by atoms with Gasteiger partial charge >= 0.3 is 0 Å². The highest BCUT2D eigenvalue weighted by Gasteiger charge is 2.07. The Morgan fingerprint density at radius 2 is 2.13 bits per heavy atom. The number of hydrogen-bond acceptors (Lipinski definition) is 2. The third-order valence-corrected chi connectivity index (χ3v) is 3.09. The van der Waals surface area contributed by atoms with Crippen molar-refractivity contribution in [3.05, 3.63) is 29.6 Å². The topological polar surface area (TPSA) is 12.0 Å². The van der Waals surface area contributed by atoms with Gasteiger partial charge in [-0.3, -0.25) is 0 Å². The molecule has 0 atom stereocenters. The fourth-order valence-corrected chi connectivity index (χ4v) is 2.22. The third kappa shape index (κ3) is 3.84. The largest absolute Gasteiger partial charge is 0.313 e. The Balaban J connectivity index is 2.72. The lowest BCUT2D eigenvalue weighted by molar-refractivity contribution is 0.579. The molecule has 0 aliphatic heterocycles. The van der Waals surface area contributed by atoms with E-state index in [1.807, 2.05) is 6.07 Å². The second-order valence-electron chi connectivity index (χ2n) is 3.33. The summed E-state index contributed by atoms with van der Waals surface area (Å²) in [5, 5.41) is 3.24. The van der Waals surface area contributed by atoms with Gasteiger partial charge in [0.15, 0.2) is 0 Å². The van der Waals surface area contributed by atoms with Gasteiger partial charge in [0.1, 0.15) is 5.82 Å². The summed E-state index contributed by atoms with van der Waals surface area (Å²) in [6.45, 7) is 5.75. The van der Waals surface area contributed by atoms with Gasteiger partial charge in [-0.15, -0.1) is 11.8 Å². The molecule has 1 N–H and O–H groups in total. The van der Waals surface area contributed by atoms with Crippen LogP contribution in [0.1, 0.15) is 25.8 Å². The van der Waals surface area contributed by atoms with Crippen LogP contribution in [-0.4, -0.2) is 12.3 Å². The molecule has 0 saturated heterocycles. The van der Waals surface area contributed by atoms with Crippen LogP contribution < -0.4 is 5.32 Å². The van der Waals surface area contributed by atoms with Crippen LogP contribution in [0.25, 0.3) is 0 Å². The van der Waals surface area contributed by atoms with Crippen molar-refractivity contribution in [1.29, 1.82) is 0 Å². The highest BCUT2D eigenvalue weighted by Crippen LogP contribution is 2.24. The summed E-state index contributed by atoms with van der Waals surface area (Å²) < 4.78 is 13.5. The quantitative estimate of drug-likeness (QED) is 0.590. The number of rotatable bonds is 6. The fourth-order valence-electron chi connectivity index (χ4n) is 1.39. The van der Waals surface area contributed by atoms with Crippen molar-refractivity contribution < 1.29 is 4.39 Å². The van der Waals surface area contributed by atoms with Gasteiger partial charge < -0.3 is 5.32 Å². The average Bonchev–Trinajstić information content (AvgIpc) is 2.23. The maximum absolute atomic E-state index is 13.5. The first-order chi connectivity index (χ1) is 7.29. The summed E-state index contributed by atoms with van der Waals surface area (Å²) in [6, 6.07) is 5.29. The Morgan fingerprint density at radius 3 is 2.80 bits per heavy atom. The molecule has 0 unspecified atom stereocenters. The van der Waals surface area contributed by atoms with Crippen molar-refractivity contribution in [3.63, 3.8) is 0 Å². The van der Waals surface area contributed by atoms with Gasteiger partial charge in [0.25, 0.3) is 0 Å². The molecule has 0 bridgehead atoms. The molecule has 0 aliphatic carbocycles. The second-order valence-corrected chi connectivity index (χ2v) is 4.63. The molecule has 84 valence electrons. The monoisotopic (exact) mass is 227 g/mol. The molecule has 0 heterocycles. The molecule has 15 heavy (non-hydrogen) atoms. The molecule has 0 aromatic heterocycles. The van der Waals surface area contributed by atoms with Gasteiger partial charge in [-0.05, 0) is 30.9 Å². The second kappa shape index (κ2) is 6.85. The van der Waals surface area contributed by atoms with Crippen molar-refractivity contribution in [3.8, 4) is 0 Å². The zero-order valence-corrected chi connectivity index (χ0v) is 10.2. The first-order valence-electron chi connectivity index (χ1n) is 5.40. The maximum atomic E-state index is 13.5. The molecule has 1 nitrogen and oxygen atoms in total. The predicted molar refractivity (Wildman–Crippen MR) is 64.8 cm³/mol. The highest BCUT2D eigenvalue weighted by atomic mass is 32.2. The number of hydrogen-bond donors (Lipinski definition) is 1. The van der Waals surface area contributed by atoms with Gasteiger partial charge in [0.05, 0.1) is 0 Å². The van der Waals surface area contributed by atoms with Gasteiger partial charge in [0.2, 0.25) is 0 Å². The SMILES string of the molecule is CCCNCc1c(F)cccc1SCC. The normalized spacial score (nSPS) is 10.6. The van der Waals surface area contributed by atoms with E-state index in [4.69, 9.17) is 0 Å². The molecule has 0 fully saturated rings. The van der Waals surface area contributed by atoms with E-state index in [9.17, 15) is 4.39 Å². The fraction of sp³-hybridized carbons (Fsp3) is 0.500. The minimum Gasteiger partial charge on any atom is -0.313 e. The van der Waals surface area contributed by atoms with Crippen LogP contribution >= 0.6 is 11.8 Å². The third-order valence-electron chi connectivity index (χ3n) is 2.10. The Labute approximate surface area is 95.5 Å². The van der Waals surface area contributed by atoms with Gasteiger partial charge in [-0.2, -0.15) is 0 Å². The van der Waals surface area contributed by atoms with Gasteiger partial charge in [0, 0.05) is 17.0 Å². The summed E-state index contributed by atoms with van der Waals surface area (Å²) in [5.74, 6) is 0.876. The summed E-state index contributed by atoms with van der Waals surface area (Å²) in [4.78, 5) is 1.06. The number of halogens is 1. The van der Waals surface area contributed by atoms with Crippen LogP contribution in [0, 0.1) is 5.82 Å². The van der Waals surface area contributed by atoms with E-state index >= 15 is 0 Å². The molecule has 0 radical (unpaired) electrons. The van der Waals surface area contributed by atoms with Crippen LogP contribution in [0.3, 0.4) is 0 Å². The minimum absolute atomic E-state index is 0.1000. The van der Waals surface area contributed by atoms with Crippen molar-refractivity contribution in [2.24, 2.45) is 0 Å². The smallest absolute Gasteiger partial charge is 0.128 e. The number of nitrogens with one attached hydrogen (secondary N) is 1. The van der Waals surface area contributed by atoms with Gasteiger partial charge in [-0.1, -0.05) is 19.9 Å². The van der Waals surface area contributed by atoms with E-state index in [1.165, 1.54) is 6.07 Å². The van der Waals surface area contributed by atoms with Crippen LogP contribution in [-0.2, 0) is 6.54 Å². The van der Waals surface area contributed by atoms with Crippen molar-refractivity contribution in [1.82, 2.24) is 5.32 Å². The standard InChI is InChI=1S/C12H18FNS/c1-3-8-14-9-10-11(13)6-5-7-12(10)15-4-2/h5-7,14H,3-4,8-9H2,1-2H3. The molecule has 0 aliphatic rings. The molecule has 3 heteroatoms. The van der Waals surface area contributed by atoms with Crippen LogP contribution in [0.15, 0.2) is 23.1 Å². The summed E-state index contributed by atoms with van der Waals surface area (Å²) in [7, 11) is 0. The summed E-state index contributed by atoms with van der Waals surface area (Å²) >= 11 is 1.69. The van der Waals surface area contributed by atoms with E-state index in [1.54, 1.807) is 17.8 Å². The molecule has 1 aromatic carbocycles. The maximum Gasteiger partial charge on any atom is 0.128 e. The first kappa shape index (κ1) is 12.5. The summed E-state index contributed by atoms with van der Waals surface area (Å²) in [5.41, 5.74) is 0.804. The molecule has 1 rings (SSSR count). The molecule has 1 aromatic rings. The molecular formula is C12H18FNS. The summed E-state index contributed by atoms with van der Waals surface area (Å²) in [6.07, 6.45) is 1.07. The van der Waals surface area contributed by atoms with E-state index in [0.717, 1.165) is 29.2 Å². The van der Waals surface area contributed by atoms with E-state index < -0.39 is 0 Å². The first-order valence-corrected chi connectivity index (χ1v) is 6.39. The zero-order valence-electron chi connectivity index (χ0n) is 9.35. The van der Waals surface area contributed by atoms with E-state index in [-0.39, 0.29) is 5.82 Å². The Kier molecular flexibility index (Phi) is 5.73. The van der Waals surface area contributed by atoms with Gasteiger partial charge in [-0.25, -0.2) is 4.39 Å². The van der Waals surface area contributed by atoms with Crippen molar-refractivity contribution in [2.45, 2.75) is 31.7 Å². The number of benzene rings is 1. The average molecular weight is 227 g/mol. The minimum atomic E-state index is -0.1000. The predicted octanol–water partition coefficient (Wildman–Crippen LogP) is 3.44. The Bertz CT molecular complexity index is 302.